The normalized spacial score (nSPS) is 14.0. The van der Waals surface area contributed by atoms with E-state index in [4.69, 9.17) is 9.72 Å². The maximum absolute atomic E-state index is 15.5. The molecule has 0 saturated carbocycles. The van der Waals surface area contributed by atoms with Crippen molar-refractivity contribution in [2.75, 3.05) is 18.4 Å². The fourth-order valence-electron chi connectivity index (χ4n) is 4.77. The van der Waals surface area contributed by atoms with Gasteiger partial charge in [0.2, 0.25) is 5.91 Å². The first kappa shape index (κ1) is 26.6. The van der Waals surface area contributed by atoms with E-state index in [2.05, 4.69) is 31.8 Å². The van der Waals surface area contributed by atoms with Gasteiger partial charge in [0.15, 0.2) is 16.8 Å². The third-order valence-electron chi connectivity index (χ3n) is 7.07. The summed E-state index contributed by atoms with van der Waals surface area (Å²) in [6.07, 6.45) is 7.78. The monoisotopic (exact) mass is 570 g/mol. The summed E-state index contributed by atoms with van der Waals surface area (Å²) in [7, 11) is 1.92. The van der Waals surface area contributed by atoms with Crippen molar-refractivity contribution in [3.8, 4) is 11.5 Å². The number of hydrogen-bond acceptors (Lipinski definition) is 9. The second kappa shape index (κ2) is 11.1. The number of ether oxygens (including phenoxy) is 1. The van der Waals surface area contributed by atoms with Gasteiger partial charge in [-0.3, -0.25) is 4.79 Å². The zero-order valence-electron chi connectivity index (χ0n) is 22.5. The number of hydrogen-bond donors (Lipinski definition) is 1. The molecule has 6 rings (SSSR count). The second-order valence-corrected chi connectivity index (χ2v) is 11.0. The van der Waals surface area contributed by atoms with Crippen LogP contribution >= 0.6 is 11.8 Å². The largest absolute Gasteiger partial charge is 0.457 e. The van der Waals surface area contributed by atoms with Gasteiger partial charge in [0.1, 0.15) is 28.9 Å². The molecule has 1 aliphatic heterocycles. The molecule has 0 bridgehead atoms. The van der Waals surface area contributed by atoms with Crippen LogP contribution in [-0.2, 0) is 11.8 Å². The molecule has 2 aromatic carbocycles. The summed E-state index contributed by atoms with van der Waals surface area (Å²) in [6, 6.07) is 8.90. The maximum atomic E-state index is 15.5. The summed E-state index contributed by atoms with van der Waals surface area (Å²) in [4.78, 5) is 35.8. The van der Waals surface area contributed by atoms with Crippen LogP contribution in [0.15, 0.2) is 67.0 Å². The highest BCUT2D eigenvalue weighted by molar-refractivity contribution is 7.99. The van der Waals surface area contributed by atoms with Gasteiger partial charge in [0.25, 0.3) is 0 Å². The molecule has 1 saturated heterocycles. The minimum atomic E-state index is -0.460. The molecule has 0 spiro atoms. The first-order valence-corrected chi connectivity index (χ1v) is 14.0. The van der Waals surface area contributed by atoms with Crippen molar-refractivity contribution in [2.24, 2.45) is 7.05 Å². The quantitative estimate of drug-likeness (QED) is 0.199. The van der Waals surface area contributed by atoms with Crippen molar-refractivity contribution >= 4 is 51.2 Å². The molecule has 3 aromatic heterocycles. The molecule has 1 amide bonds. The smallest absolute Gasteiger partial charge is 0.245 e. The van der Waals surface area contributed by atoms with E-state index in [1.54, 1.807) is 48.2 Å². The number of thioether (sulfide) groups is 1. The number of rotatable bonds is 7. The molecule has 0 atom stereocenters. The van der Waals surface area contributed by atoms with E-state index in [-0.39, 0.29) is 16.8 Å². The Bertz CT molecular complexity index is 1780. The van der Waals surface area contributed by atoms with Crippen molar-refractivity contribution in [2.45, 2.75) is 30.2 Å². The van der Waals surface area contributed by atoms with E-state index >= 15 is 4.39 Å². The van der Waals surface area contributed by atoms with Gasteiger partial charge in [-0.2, -0.15) is 0 Å². The van der Waals surface area contributed by atoms with Gasteiger partial charge in [-0.05, 0) is 50.1 Å². The third-order valence-corrected chi connectivity index (χ3v) is 8.28. The minimum absolute atomic E-state index is 0.0451. The number of fused-ring (bicyclic) bond motifs is 2. The SMILES string of the molecule is C=CC(=O)N1CCC(Sc2ncc3ncnc(Nc4ccc(Oc5ccc6c(c5)ncn6C)c(C)c4F)c3n2)CC1. The predicted octanol–water partition coefficient (Wildman–Crippen LogP) is 5.56. The fourth-order valence-corrected chi connectivity index (χ4v) is 5.77. The average Bonchev–Trinajstić information content (AvgIpc) is 3.36. The Balaban J connectivity index is 1.20. The van der Waals surface area contributed by atoms with Gasteiger partial charge in [-0.1, -0.05) is 18.3 Å². The number of piperidine rings is 1. The van der Waals surface area contributed by atoms with Crippen LogP contribution in [0.2, 0.25) is 0 Å². The summed E-state index contributed by atoms with van der Waals surface area (Å²) in [5.74, 6) is 0.839. The number of carbonyl (C=O) groups is 1. The highest BCUT2D eigenvalue weighted by Crippen LogP contribution is 2.34. The lowest BCUT2D eigenvalue weighted by Gasteiger charge is -2.30. The van der Waals surface area contributed by atoms with Crippen molar-refractivity contribution in [3.05, 3.63) is 73.2 Å². The lowest BCUT2D eigenvalue weighted by atomic mass is 10.1. The summed E-state index contributed by atoms with van der Waals surface area (Å²) in [5, 5.41) is 3.93. The predicted molar refractivity (Wildman–Crippen MR) is 156 cm³/mol. The molecule has 12 heteroatoms. The third kappa shape index (κ3) is 5.42. The van der Waals surface area contributed by atoms with Crippen LogP contribution in [0.1, 0.15) is 18.4 Å². The van der Waals surface area contributed by atoms with Crippen LogP contribution in [0.3, 0.4) is 0 Å². The van der Waals surface area contributed by atoms with Gasteiger partial charge in [-0.25, -0.2) is 29.3 Å². The number of carbonyl (C=O) groups excluding carboxylic acids is 1. The molecule has 4 heterocycles. The number of imidazole rings is 1. The molecule has 41 heavy (non-hydrogen) atoms. The number of nitrogens with one attached hydrogen (secondary N) is 1. The lowest BCUT2D eigenvalue weighted by molar-refractivity contribution is -0.126. The summed E-state index contributed by atoms with van der Waals surface area (Å²) < 4.78 is 23.5. The summed E-state index contributed by atoms with van der Waals surface area (Å²) >= 11 is 1.56. The van der Waals surface area contributed by atoms with Crippen LogP contribution < -0.4 is 10.1 Å². The van der Waals surface area contributed by atoms with E-state index in [0.717, 1.165) is 23.9 Å². The van der Waals surface area contributed by atoms with Crippen molar-refractivity contribution in [1.29, 1.82) is 0 Å². The second-order valence-electron chi connectivity index (χ2n) is 9.74. The minimum Gasteiger partial charge on any atom is -0.457 e. The number of amides is 1. The first-order valence-electron chi connectivity index (χ1n) is 13.1. The van der Waals surface area contributed by atoms with Crippen LogP contribution in [0.4, 0.5) is 15.9 Å². The zero-order chi connectivity index (χ0) is 28.5. The average molecular weight is 571 g/mol. The molecule has 0 aliphatic carbocycles. The van der Waals surface area contributed by atoms with Crippen LogP contribution in [-0.4, -0.2) is 58.6 Å². The number of aryl methyl sites for hydroxylation is 1. The van der Waals surface area contributed by atoms with Crippen molar-refractivity contribution in [1.82, 2.24) is 34.4 Å². The van der Waals surface area contributed by atoms with Gasteiger partial charge in [0, 0.05) is 37.0 Å². The number of nitrogens with zero attached hydrogens (tertiary/aromatic N) is 7. The molecule has 5 aromatic rings. The summed E-state index contributed by atoms with van der Waals surface area (Å²) in [6.45, 7) is 6.57. The fraction of sp³-hybridized carbons (Fsp3) is 0.241. The van der Waals surface area contributed by atoms with E-state index in [1.165, 1.54) is 12.4 Å². The van der Waals surface area contributed by atoms with E-state index in [9.17, 15) is 4.79 Å². The van der Waals surface area contributed by atoms with E-state index in [0.29, 0.717) is 52.2 Å². The Labute approximate surface area is 239 Å². The summed E-state index contributed by atoms with van der Waals surface area (Å²) in [5.41, 5.74) is 3.40. The van der Waals surface area contributed by atoms with Gasteiger partial charge in [0.05, 0.1) is 29.2 Å². The Kier molecular flexibility index (Phi) is 7.23. The van der Waals surface area contributed by atoms with Crippen LogP contribution in [0.25, 0.3) is 22.1 Å². The number of halogens is 1. The number of benzene rings is 2. The Morgan fingerprint density at radius 2 is 1.98 bits per heavy atom. The van der Waals surface area contributed by atoms with Crippen LogP contribution in [0, 0.1) is 12.7 Å². The molecule has 0 radical (unpaired) electrons. The zero-order valence-corrected chi connectivity index (χ0v) is 23.4. The number of aromatic nitrogens is 6. The van der Waals surface area contributed by atoms with E-state index < -0.39 is 5.82 Å². The highest BCUT2D eigenvalue weighted by Gasteiger charge is 2.23. The van der Waals surface area contributed by atoms with Gasteiger partial charge in [-0.15, -0.1) is 0 Å². The standard InChI is InChI=1S/C29H27FN8O2S/c1-4-25(39)38-11-9-19(10-12-38)41-29-31-14-22-27(36-29)28(33-15-32-22)35-20-6-8-24(17(2)26(20)30)40-18-5-7-23-21(13-18)34-16-37(23)3/h4-8,13-16,19H,1,9-12H2,2-3H3,(H,32,33,35). The molecule has 1 fully saturated rings. The highest BCUT2D eigenvalue weighted by atomic mass is 32.2. The Hall–Kier alpha value is -4.58. The molecule has 208 valence electrons. The molecule has 1 aliphatic rings. The molecule has 10 nitrogen and oxygen atoms in total. The van der Waals surface area contributed by atoms with Crippen molar-refractivity contribution < 1.29 is 13.9 Å². The lowest BCUT2D eigenvalue weighted by Crippen LogP contribution is -2.38. The van der Waals surface area contributed by atoms with Crippen molar-refractivity contribution in [3.63, 3.8) is 0 Å². The molecule has 0 unspecified atom stereocenters. The number of anilines is 2. The first-order chi connectivity index (χ1) is 19.9. The molecule has 1 N–H and O–H groups in total. The van der Waals surface area contributed by atoms with Gasteiger partial charge >= 0.3 is 0 Å². The molecular formula is C29H27FN8O2S. The van der Waals surface area contributed by atoms with E-state index in [1.807, 2.05) is 29.8 Å². The maximum Gasteiger partial charge on any atom is 0.245 e. The molecular weight excluding hydrogens is 543 g/mol. The topological polar surface area (TPSA) is 111 Å². The Morgan fingerprint density at radius 1 is 1.15 bits per heavy atom. The van der Waals surface area contributed by atoms with Crippen LogP contribution in [0.5, 0.6) is 11.5 Å². The number of likely N-dealkylation sites (tertiary alicyclic amines) is 1. The Morgan fingerprint density at radius 3 is 2.78 bits per heavy atom. The van der Waals surface area contributed by atoms with Gasteiger partial charge < -0.3 is 19.5 Å².